The van der Waals surface area contributed by atoms with Crippen LogP contribution in [0.4, 0.5) is 0 Å². The first-order valence-corrected chi connectivity index (χ1v) is 18.1. The van der Waals surface area contributed by atoms with E-state index in [-0.39, 0.29) is 0 Å². The minimum Gasteiger partial charge on any atom is -0.228 e. The van der Waals surface area contributed by atoms with Crippen molar-refractivity contribution in [3.05, 3.63) is 206 Å². The Labute approximate surface area is 315 Å². The highest BCUT2D eigenvalue weighted by Crippen LogP contribution is 2.39. The van der Waals surface area contributed by atoms with E-state index in [2.05, 4.69) is 127 Å². The summed E-state index contributed by atoms with van der Waals surface area (Å²) in [7, 11) is 0. The van der Waals surface area contributed by atoms with Crippen molar-refractivity contribution in [3.8, 4) is 90.1 Å². The van der Waals surface area contributed by atoms with Crippen LogP contribution in [0.3, 0.4) is 0 Å². The first-order chi connectivity index (χ1) is 26.8. The third-order valence-corrected chi connectivity index (χ3v) is 9.55. The molecule has 0 saturated carbocycles. The van der Waals surface area contributed by atoms with Crippen LogP contribution in [0.1, 0.15) is 0 Å². The van der Waals surface area contributed by atoms with Gasteiger partial charge in [-0.1, -0.05) is 182 Å². The predicted octanol–water partition coefficient (Wildman–Crippen LogP) is 12.6. The molecule has 0 fully saturated rings. The lowest BCUT2D eigenvalue weighted by Gasteiger charge is -2.16. The quantitative estimate of drug-likeness (QED) is 0.159. The SMILES string of the molecule is c1ccc(-c2cc(-c3ccccc3)nc(-c3ccccc3-c3ccc(-c4nc(-c5ccccc5)cc(-c5ccccc5)n4)c(-c4ccccc4)c3)n2)cc1. The van der Waals surface area contributed by atoms with Crippen molar-refractivity contribution < 1.29 is 0 Å². The van der Waals surface area contributed by atoms with E-state index in [9.17, 15) is 0 Å². The van der Waals surface area contributed by atoms with Gasteiger partial charge in [-0.05, 0) is 46.5 Å². The van der Waals surface area contributed by atoms with Crippen LogP contribution < -0.4 is 0 Å². The normalized spacial score (nSPS) is 11.0. The summed E-state index contributed by atoms with van der Waals surface area (Å²) in [6.45, 7) is 0. The Kier molecular flexibility index (Phi) is 8.90. The number of hydrogen-bond acceptors (Lipinski definition) is 4. The highest BCUT2D eigenvalue weighted by atomic mass is 14.9. The third-order valence-electron chi connectivity index (χ3n) is 9.55. The monoisotopic (exact) mass is 690 g/mol. The fraction of sp³-hybridized carbons (Fsp3) is 0. The maximum absolute atomic E-state index is 5.20. The first-order valence-electron chi connectivity index (χ1n) is 18.1. The van der Waals surface area contributed by atoms with Gasteiger partial charge in [-0.15, -0.1) is 0 Å². The number of benzene rings is 7. The zero-order valence-electron chi connectivity index (χ0n) is 29.4. The summed E-state index contributed by atoms with van der Waals surface area (Å²) in [5, 5.41) is 0. The highest BCUT2D eigenvalue weighted by molar-refractivity contribution is 5.90. The van der Waals surface area contributed by atoms with Crippen molar-refractivity contribution in [2.75, 3.05) is 0 Å². The van der Waals surface area contributed by atoms with Gasteiger partial charge in [-0.25, -0.2) is 19.9 Å². The first kappa shape index (κ1) is 32.6. The van der Waals surface area contributed by atoms with Gasteiger partial charge in [0.1, 0.15) is 0 Å². The summed E-state index contributed by atoms with van der Waals surface area (Å²) in [6, 6.07) is 70.8. The molecular formula is C50H34N4. The Morgan fingerprint density at radius 1 is 0.204 bits per heavy atom. The average molecular weight is 691 g/mol. The molecule has 0 aliphatic heterocycles. The van der Waals surface area contributed by atoms with Gasteiger partial charge in [-0.2, -0.15) is 0 Å². The maximum Gasteiger partial charge on any atom is 0.161 e. The maximum atomic E-state index is 5.20. The number of nitrogens with zero attached hydrogens (tertiary/aromatic N) is 4. The molecule has 254 valence electrons. The third kappa shape index (κ3) is 6.72. The van der Waals surface area contributed by atoms with E-state index in [1.165, 1.54) is 0 Å². The van der Waals surface area contributed by atoms with E-state index in [0.29, 0.717) is 11.6 Å². The van der Waals surface area contributed by atoms with E-state index < -0.39 is 0 Å². The predicted molar refractivity (Wildman–Crippen MR) is 221 cm³/mol. The van der Waals surface area contributed by atoms with E-state index in [4.69, 9.17) is 19.9 Å². The number of hydrogen-bond donors (Lipinski definition) is 0. The summed E-state index contributed by atoms with van der Waals surface area (Å²) < 4.78 is 0. The Bertz CT molecular complexity index is 2560. The van der Waals surface area contributed by atoms with Crippen LogP contribution in [0, 0.1) is 0 Å². The molecule has 0 atom stereocenters. The van der Waals surface area contributed by atoms with Crippen LogP contribution in [0.25, 0.3) is 90.1 Å². The molecule has 0 aliphatic rings. The van der Waals surface area contributed by atoms with Gasteiger partial charge in [0.15, 0.2) is 11.6 Å². The van der Waals surface area contributed by atoms with E-state index >= 15 is 0 Å². The topological polar surface area (TPSA) is 51.6 Å². The van der Waals surface area contributed by atoms with Gasteiger partial charge in [0, 0.05) is 33.4 Å². The smallest absolute Gasteiger partial charge is 0.161 e. The second kappa shape index (κ2) is 14.7. The van der Waals surface area contributed by atoms with Gasteiger partial charge in [0.2, 0.25) is 0 Å². The molecule has 0 unspecified atom stereocenters. The van der Waals surface area contributed by atoms with Crippen molar-refractivity contribution in [1.82, 2.24) is 19.9 Å². The van der Waals surface area contributed by atoms with Crippen LogP contribution >= 0.6 is 0 Å². The second-order valence-corrected chi connectivity index (χ2v) is 13.1. The number of aromatic nitrogens is 4. The van der Waals surface area contributed by atoms with Crippen molar-refractivity contribution >= 4 is 0 Å². The van der Waals surface area contributed by atoms with Gasteiger partial charge < -0.3 is 0 Å². The van der Waals surface area contributed by atoms with Crippen LogP contribution in [0.2, 0.25) is 0 Å². The van der Waals surface area contributed by atoms with Crippen molar-refractivity contribution in [1.29, 1.82) is 0 Å². The highest BCUT2D eigenvalue weighted by Gasteiger charge is 2.19. The van der Waals surface area contributed by atoms with E-state index in [1.807, 2.05) is 78.9 Å². The molecule has 9 rings (SSSR count). The van der Waals surface area contributed by atoms with Crippen molar-refractivity contribution in [2.24, 2.45) is 0 Å². The molecule has 0 N–H and O–H groups in total. The molecule has 0 radical (unpaired) electrons. The molecule has 0 aliphatic carbocycles. The van der Waals surface area contributed by atoms with Crippen LogP contribution in [0.5, 0.6) is 0 Å². The van der Waals surface area contributed by atoms with Gasteiger partial charge >= 0.3 is 0 Å². The van der Waals surface area contributed by atoms with Crippen molar-refractivity contribution in [2.45, 2.75) is 0 Å². The molecule has 9 aromatic rings. The molecule has 54 heavy (non-hydrogen) atoms. The molecule has 7 aromatic carbocycles. The standard InChI is InChI=1S/C50H34N4/c1-6-18-35(19-7-1)44-32-40(30-31-43(44)50-53-47(38-24-12-4-13-25-38)34-48(54-50)39-26-14-5-15-27-39)41-28-16-17-29-42(41)49-51-45(36-20-8-2-9-21-36)33-46(52-49)37-22-10-3-11-23-37/h1-34H. The van der Waals surface area contributed by atoms with Crippen LogP contribution in [-0.4, -0.2) is 19.9 Å². The molecule has 4 heteroatoms. The molecule has 0 spiro atoms. The summed E-state index contributed by atoms with van der Waals surface area (Å²) in [5.41, 5.74) is 13.8. The second-order valence-electron chi connectivity index (χ2n) is 13.1. The largest absolute Gasteiger partial charge is 0.228 e. The van der Waals surface area contributed by atoms with E-state index in [0.717, 1.165) is 78.4 Å². The summed E-state index contributed by atoms with van der Waals surface area (Å²) in [4.78, 5) is 20.8. The lowest BCUT2D eigenvalue weighted by atomic mass is 9.92. The minimum atomic E-state index is 0.667. The lowest BCUT2D eigenvalue weighted by Crippen LogP contribution is -1.99. The zero-order valence-corrected chi connectivity index (χ0v) is 29.4. The zero-order chi connectivity index (χ0) is 36.1. The fourth-order valence-corrected chi connectivity index (χ4v) is 6.86. The Morgan fingerprint density at radius 2 is 0.519 bits per heavy atom. The van der Waals surface area contributed by atoms with Crippen molar-refractivity contribution in [3.63, 3.8) is 0 Å². The summed E-state index contributed by atoms with van der Waals surface area (Å²) >= 11 is 0. The summed E-state index contributed by atoms with van der Waals surface area (Å²) in [5.74, 6) is 1.34. The molecule has 0 bridgehead atoms. The average Bonchev–Trinajstić information content (AvgIpc) is 3.27. The lowest BCUT2D eigenvalue weighted by molar-refractivity contribution is 1.18. The fourth-order valence-electron chi connectivity index (χ4n) is 6.86. The van der Waals surface area contributed by atoms with Gasteiger partial charge in [0.05, 0.1) is 22.8 Å². The minimum absolute atomic E-state index is 0.667. The Hall–Kier alpha value is -7.30. The van der Waals surface area contributed by atoms with Gasteiger partial charge in [0.25, 0.3) is 0 Å². The molecule has 2 aromatic heterocycles. The molecule has 0 amide bonds. The Balaban J connectivity index is 1.23. The Morgan fingerprint density at radius 3 is 0.907 bits per heavy atom. The molecule has 4 nitrogen and oxygen atoms in total. The van der Waals surface area contributed by atoms with Gasteiger partial charge in [-0.3, -0.25) is 0 Å². The molecule has 0 saturated heterocycles. The summed E-state index contributed by atoms with van der Waals surface area (Å²) in [6.07, 6.45) is 0. The van der Waals surface area contributed by atoms with Crippen LogP contribution in [-0.2, 0) is 0 Å². The van der Waals surface area contributed by atoms with E-state index in [1.54, 1.807) is 0 Å². The molecule has 2 heterocycles. The van der Waals surface area contributed by atoms with Crippen LogP contribution in [0.15, 0.2) is 206 Å². The molecular weight excluding hydrogens is 657 g/mol. The number of rotatable bonds is 8.